The van der Waals surface area contributed by atoms with Crippen molar-refractivity contribution in [1.82, 2.24) is 14.9 Å². The third-order valence-electron chi connectivity index (χ3n) is 4.27. The van der Waals surface area contributed by atoms with Crippen LogP contribution in [0.4, 0.5) is 10.6 Å². The molecule has 0 bridgehead atoms. The Balaban J connectivity index is 2.13. The second-order valence-electron chi connectivity index (χ2n) is 8.79. The molecule has 0 N–H and O–H groups in total. The molecule has 2 heterocycles. The number of rotatable bonds is 1. The molecular weight excluding hydrogens is 316 g/mol. The Morgan fingerprint density at radius 1 is 0.960 bits per heavy atom. The lowest BCUT2D eigenvalue weighted by Gasteiger charge is -2.37. The zero-order chi connectivity index (χ0) is 19.0. The van der Waals surface area contributed by atoms with Gasteiger partial charge in [-0.25, -0.2) is 14.8 Å². The minimum Gasteiger partial charge on any atom is -0.444 e. The summed E-state index contributed by atoms with van der Waals surface area (Å²) >= 11 is 0. The Hall–Kier alpha value is -1.85. The van der Waals surface area contributed by atoms with Crippen LogP contribution in [0.15, 0.2) is 0 Å². The van der Waals surface area contributed by atoms with Crippen molar-refractivity contribution in [2.45, 2.75) is 66.4 Å². The average Bonchev–Trinajstić information content (AvgIpc) is 2.47. The molecule has 0 aromatic carbocycles. The van der Waals surface area contributed by atoms with Gasteiger partial charge in [0.2, 0.25) is 0 Å². The predicted octanol–water partition coefficient (Wildman–Crippen LogP) is 3.45. The Bertz CT molecular complexity index is 636. The highest BCUT2D eigenvalue weighted by atomic mass is 16.6. The summed E-state index contributed by atoms with van der Waals surface area (Å²) in [7, 11) is 0. The SMILES string of the molecule is Cc1nc(C(C)(C)C)nc(N2CCN(C(=O)OC(C)(C)C)CC2)c1C. The molecule has 0 radical (unpaired) electrons. The average molecular weight is 348 g/mol. The fraction of sp³-hybridized carbons (Fsp3) is 0.737. The van der Waals surface area contributed by atoms with Gasteiger partial charge in [-0.1, -0.05) is 20.8 Å². The van der Waals surface area contributed by atoms with E-state index in [1.54, 1.807) is 4.90 Å². The van der Waals surface area contributed by atoms with E-state index in [4.69, 9.17) is 9.72 Å². The van der Waals surface area contributed by atoms with Crippen LogP contribution in [0.2, 0.25) is 0 Å². The summed E-state index contributed by atoms with van der Waals surface area (Å²) in [5, 5.41) is 0. The van der Waals surface area contributed by atoms with Gasteiger partial charge in [0.15, 0.2) is 0 Å². The highest BCUT2D eigenvalue weighted by Crippen LogP contribution is 2.26. The predicted molar refractivity (Wildman–Crippen MR) is 100 cm³/mol. The molecule has 0 atom stereocenters. The number of hydrogen-bond donors (Lipinski definition) is 0. The number of hydrogen-bond acceptors (Lipinski definition) is 5. The quantitative estimate of drug-likeness (QED) is 0.778. The van der Waals surface area contributed by atoms with Gasteiger partial charge in [-0.15, -0.1) is 0 Å². The van der Waals surface area contributed by atoms with Gasteiger partial charge in [-0.3, -0.25) is 0 Å². The van der Waals surface area contributed by atoms with Crippen molar-refractivity contribution in [3.63, 3.8) is 0 Å². The molecule has 25 heavy (non-hydrogen) atoms. The van der Waals surface area contributed by atoms with E-state index in [1.165, 1.54) is 0 Å². The van der Waals surface area contributed by atoms with Crippen molar-refractivity contribution in [3.8, 4) is 0 Å². The van der Waals surface area contributed by atoms with Crippen molar-refractivity contribution in [2.24, 2.45) is 0 Å². The first-order chi connectivity index (χ1) is 11.4. The zero-order valence-electron chi connectivity index (χ0n) is 16.9. The standard InChI is InChI=1S/C19H32N4O2/c1-13-14(2)20-16(18(3,4)5)21-15(13)22-9-11-23(12-10-22)17(24)25-19(6,7)8/h9-12H2,1-8H3. The van der Waals surface area contributed by atoms with Crippen molar-refractivity contribution in [2.75, 3.05) is 31.1 Å². The van der Waals surface area contributed by atoms with Crippen LogP contribution in [0.1, 0.15) is 58.6 Å². The van der Waals surface area contributed by atoms with Gasteiger partial charge < -0.3 is 14.5 Å². The molecular formula is C19H32N4O2. The Labute approximate surface area is 151 Å². The summed E-state index contributed by atoms with van der Waals surface area (Å²) in [6.07, 6.45) is -0.238. The summed E-state index contributed by atoms with van der Waals surface area (Å²) in [5.41, 5.74) is 1.57. The molecule has 1 saturated heterocycles. The second kappa shape index (κ2) is 6.81. The van der Waals surface area contributed by atoms with Gasteiger partial charge in [0, 0.05) is 42.9 Å². The van der Waals surface area contributed by atoms with Crippen LogP contribution in [0.3, 0.4) is 0 Å². The first kappa shape index (κ1) is 19.5. The van der Waals surface area contributed by atoms with Crippen LogP contribution in [0.5, 0.6) is 0 Å². The van der Waals surface area contributed by atoms with E-state index in [0.29, 0.717) is 13.1 Å². The molecule has 2 rings (SSSR count). The van der Waals surface area contributed by atoms with E-state index in [0.717, 1.165) is 36.0 Å². The fourth-order valence-corrected chi connectivity index (χ4v) is 2.68. The van der Waals surface area contributed by atoms with Crippen LogP contribution in [0, 0.1) is 13.8 Å². The minimum atomic E-state index is -0.462. The van der Waals surface area contributed by atoms with Crippen LogP contribution in [0.25, 0.3) is 0 Å². The molecule has 1 aliphatic rings. The normalized spacial score (nSPS) is 16.2. The summed E-state index contributed by atoms with van der Waals surface area (Å²) in [5.74, 6) is 1.85. The first-order valence-electron chi connectivity index (χ1n) is 8.97. The number of nitrogens with zero attached hydrogens (tertiary/aromatic N) is 4. The number of carbonyl (C=O) groups is 1. The number of piperazine rings is 1. The molecule has 1 aromatic heterocycles. The van der Waals surface area contributed by atoms with Crippen LogP contribution in [-0.2, 0) is 10.2 Å². The molecule has 0 saturated carbocycles. The number of aromatic nitrogens is 2. The molecule has 0 aliphatic carbocycles. The number of carbonyl (C=O) groups excluding carboxylic acids is 1. The molecule has 140 valence electrons. The maximum Gasteiger partial charge on any atom is 0.410 e. The summed E-state index contributed by atoms with van der Waals surface area (Å²) in [6.45, 7) is 18.9. The van der Waals surface area contributed by atoms with E-state index >= 15 is 0 Å². The molecule has 6 nitrogen and oxygen atoms in total. The number of aryl methyl sites for hydroxylation is 1. The summed E-state index contributed by atoms with van der Waals surface area (Å²) in [6, 6.07) is 0. The third-order valence-corrected chi connectivity index (χ3v) is 4.27. The molecule has 1 aromatic rings. The topological polar surface area (TPSA) is 58.6 Å². The van der Waals surface area contributed by atoms with Crippen LogP contribution in [-0.4, -0.2) is 52.7 Å². The molecule has 0 spiro atoms. The lowest BCUT2D eigenvalue weighted by molar-refractivity contribution is 0.0240. The van der Waals surface area contributed by atoms with Crippen molar-refractivity contribution in [1.29, 1.82) is 0 Å². The second-order valence-corrected chi connectivity index (χ2v) is 8.79. The summed E-state index contributed by atoms with van der Waals surface area (Å²) in [4.78, 5) is 25.7. The van der Waals surface area contributed by atoms with E-state index in [2.05, 4.69) is 37.6 Å². The van der Waals surface area contributed by atoms with Crippen LogP contribution >= 0.6 is 0 Å². The lowest BCUT2D eigenvalue weighted by Crippen LogP contribution is -2.50. The summed E-state index contributed by atoms with van der Waals surface area (Å²) < 4.78 is 5.47. The maximum atomic E-state index is 12.2. The lowest BCUT2D eigenvalue weighted by atomic mass is 9.95. The molecule has 6 heteroatoms. The number of anilines is 1. The first-order valence-corrected chi connectivity index (χ1v) is 8.97. The van der Waals surface area contributed by atoms with Crippen molar-refractivity contribution < 1.29 is 9.53 Å². The smallest absolute Gasteiger partial charge is 0.410 e. The van der Waals surface area contributed by atoms with E-state index in [-0.39, 0.29) is 11.5 Å². The number of amides is 1. The van der Waals surface area contributed by atoms with Crippen molar-refractivity contribution >= 4 is 11.9 Å². The Morgan fingerprint density at radius 2 is 1.52 bits per heavy atom. The Morgan fingerprint density at radius 3 is 2.00 bits per heavy atom. The molecule has 1 aliphatic heterocycles. The highest BCUT2D eigenvalue weighted by Gasteiger charge is 2.28. The van der Waals surface area contributed by atoms with E-state index < -0.39 is 5.60 Å². The van der Waals surface area contributed by atoms with Gasteiger partial charge in [-0.05, 0) is 34.6 Å². The van der Waals surface area contributed by atoms with Gasteiger partial charge >= 0.3 is 6.09 Å². The molecule has 0 unspecified atom stereocenters. The highest BCUT2D eigenvalue weighted by molar-refractivity contribution is 5.68. The molecule has 1 fully saturated rings. The van der Waals surface area contributed by atoms with E-state index in [1.807, 2.05) is 27.7 Å². The minimum absolute atomic E-state index is 0.0917. The van der Waals surface area contributed by atoms with Gasteiger partial charge in [0.1, 0.15) is 17.2 Å². The maximum absolute atomic E-state index is 12.2. The molecule has 1 amide bonds. The fourth-order valence-electron chi connectivity index (χ4n) is 2.68. The Kier molecular flexibility index (Phi) is 5.30. The zero-order valence-corrected chi connectivity index (χ0v) is 16.9. The van der Waals surface area contributed by atoms with Crippen molar-refractivity contribution in [3.05, 3.63) is 17.1 Å². The number of ether oxygens (including phenoxy) is 1. The monoisotopic (exact) mass is 348 g/mol. The van der Waals surface area contributed by atoms with E-state index in [9.17, 15) is 4.79 Å². The van der Waals surface area contributed by atoms with Crippen LogP contribution < -0.4 is 4.90 Å². The largest absolute Gasteiger partial charge is 0.444 e. The van der Waals surface area contributed by atoms with Gasteiger partial charge in [0.25, 0.3) is 0 Å². The van der Waals surface area contributed by atoms with Gasteiger partial charge in [-0.2, -0.15) is 0 Å². The third kappa shape index (κ3) is 4.83. The van der Waals surface area contributed by atoms with Gasteiger partial charge in [0.05, 0.1) is 0 Å².